The van der Waals surface area contributed by atoms with Crippen LogP contribution in [0.5, 0.6) is 0 Å². The number of hydrogen-bond acceptors (Lipinski definition) is 4. The second-order valence-corrected chi connectivity index (χ2v) is 2.89. The van der Waals surface area contributed by atoms with E-state index in [1.54, 1.807) is 18.2 Å². The van der Waals surface area contributed by atoms with Gasteiger partial charge >= 0.3 is 0 Å². The third kappa shape index (κ3) is 3.12. The molecule has 1 amide bonds. The molecule has 0 fully saturated rings. The number of hydrogen-bond donors (Lipinski definition) is 2. The minimum Gasteiger partial charge on any atom is -0.383 e. The monoisotopic (exact) mass is 202 g/mol. The Morgan fingerprint density at radius 2 is 2.40 bits per heavy atom. The quantitative estimate of drug-likeness (QED) is 0.740. The zero-order valence-corrected chi connectivity index (χ0v) is 7.97. The zero-order valence-electron chi connectivity index (χ0n) is 7.97. The lowest BCUT2D eigenvalue weighted by Gasteiger charge is -1.97. The number of nitrogen functional groups attached to an aromatic ring is 1. The van der Waals surface area contributed by atoms with E-state index in [0.29, 0.717) is 11.1 Å². The number of nitrogens with two attached hydrogens (primary N) is 2. The molecule has 0 aromatic carbocycles. The van der Waals surface area contributed by atoms with Gasteiger partial charge in [-0.25, -0.2) is 4.98 Å². The summed E-state index contributed by atoms with van der Waals surface area (Å²) in [6, 6.07) is 3.52. The number of primary amides is 1. The lowest BCUT2D eigenvalue weighted by molar-refractivity contribution is -0.117. The number of pyridine rings is 1. The van der Waals surface area contributed by atoms with Crippen molar-refractivity contribution in [3.8, 4) is 6.07 Å². The van der Waals surface area contributed by atoms with Gasteiger partial charge in [0.25, 0.3) is 0 Å². The number of amides is 1. The van der Waals surface area contributed by atoms with Gasteiger partial charge < -0.3 is 11.5 Å². The first-order chi connectivity index (χ1) is 7.13. The first-order valence-corrected chi connectivity index (χ1v) is 4.24. The smallest absolute Gasteiger partial charge is 0.221 e. The molecule has 4 N–H and O–H groups in total. The molecule has 5 nitrogen and oxygen atoms in total. The number of nitrogens with zero attached hydrogens (tertiary/aromatic N) is 2. The molecule has 0 atom stereocenters. The van der Waals surface area contributed by atoms with Crippen LogP contribution in [0.2, 0.25) is 0 Å². The first kappa shape index (κ1) is 10.7. The highest BCUT2D eigenvalue weighted by Gasteiger charge is 1.99. The minimum atomic E-state index is -0.407. The highest BCUT2D eigenvalue weighted by Crippen LogP contribution is 2.10. The van der Waals surface area contributed by atoms with Gasteiger partial charge in [0.1, 0.15) is 11.9 Å². The van der Waals surface area contributed by atoms with Crippen molar-refractivity contribution in [3.05, 3.63) is 29.5 Å². The van der Waals surface area contributed by atoms with Crippen LogP contribution in [0.3, 0.4) is 0 Å². The maximum Gasteiger partial charge on any atom is 0.221 e. The van der Waals surface area contributed by atoms with Crippen LogP contribution in [0.4, 0.5) is 5.82 Å². The van der Waals surface area contributed by atoms with Crippen molar-refractivity contribution in [2.75, 3.05) is 5.73 Å². The van der Waals surface area contributed by atoms with Gasteiger partial charge in [0, 0.05) is 12.6 Å². The van der Waals surface area contributed by atoms with Crippen LogP contribution in [-0.4, -0.2) is 10.9 Å². The van der Waals surface area contributed by atoms with Crippen LogP contribution in [0.15, 0.2) is 18.3 Å². The lowest BCUT2D eigenvalue weighted by Crippen LogP contribution is -2.07. The Kier molecular flexibility index (Phi) is 3.41. The van der Waals surface area contributed by atoms with Gasteiger partial charge in [0.2, 0.25) is 5.91 Å². The van der Waals surface area contributed by atoms with E-state index in [4.69, 9.17) is 16.7 Å². The van der Waals surface area contributed by atoms with E-state index in [9.17, 15) is 4.79 Å². The first-order valence-electron chi connectivity index (χ1n) is 4.24. The molecule has 0 aliphatic heterocycles. The second kappa shape index (κ2) is 4.77. The Morgan fingerprint density at radius 1 is 1.67 bits per heavy atom. The molecule has 1 heterocycles. The number of carbonyl (C=O) groups is 1. The van der Waals surface area contributed by atoms with Gasteiger partial charge in [0.05, 0.1) is 5.56 Å². The van der Waals surface area contributed by atoms with Gasteiger partial charge in [-0.15, -0.1) is 0 Å². The summed E-state index contributed by atoms with van der Waals surface area (Å²) in [7, 11) is 0. The molecular formula is C10H10N4O. The maximum absolute atomic E-state index is 10.4. The molecule has 5 heteroatoms. The molecule has 0 saturated carbocycles. The summed E-state index contributed by atoms with van der Waals surface area (Å²) >= 11 is 0. The van der Waals surface area contributed by atoms with E-state index < -0.39 is 5.91 Å². The van der Waals surface area contributed by atoms with Crippen molar-refractivity contribution in [1.29, 1.82) is 5.26 Å². The summed E-state index contributed by atoms with van der Waals surface area (Å²) in [5, 5.41) is 8.69. The predicted octanol–water partition coefficient (Wildman–Crippen LogP) is 0.424. The van der Waals surface area contributed by atoms with Crippen LogP contribution >= 0.6 is 0 Å². The maximum atomic E-state index is 10.4. The number of anilines is 1. The average Bonchev–Trinajstić information content (AvgIpc) is 2.20. The molecule has 1 rings (SSSR count). The van der Waals surface area contributed by atoms with Gasteiger partial charge in [-0.1, -0.05) is 12.2 Å². The molecule has 1 aromatic rings. The average molecular weight is 202 g/mol. The highest BCUT2D eigenvalue weighted by atomic mass is 16.1. The number of nitriles is 1. The van der Waals surface area contributed by atoms with Crippen LogP contribution < -0.4 is 11.5 Å². The Labute approximate surface area is 87.0 Å². The third-order valence-electron chi connectivity index (χ3n) is 1.69. The van der Waals surface area contributed by atoms with Gasteiger partial charge in [0.15, 0.2) is 0 Å². The molecule has 0 spiro atoms. The SMILES string of the molecule is N#Cc1cc(C=CCC(N)=O)cnc1N. The van der Waals surface area contributed by atoms with Gasteiger partial charge in [-0.3, -0.25) is 4.79 Å². The van der Waals surface area contributed by atoms with Crippen LogP contribution in [0, 0.1) is 11.3 Å². The molecule has 0 bridgehead atoms. The molecule has 15 heavy (non-hydrogen) atoms. The van der Waals surface area contributed by atoms with Crippen LogP contribution in [0.25, 0.3) is 6.08 Å². The summed E-state index contributed by atoms with van der Waals surface area (Å²) < 4.78 is 0. The minimum absolute atomic E-state index is 0.159. The zero-order chi connectivity index (χ0) is 11.3. The van der Waals surface area contributed by atoms with E-state index in [2.05, 4.69) is 4.98 Å². The Balaban J connectivity index is 2.84. The number of aromatic nitrogens is 1. The Bertz CT molecular complexity index is 445. The van der Waals surface area contributed by atoms with E-state index in [1.807, 2.05) is 6.07 Å². The molecule has 0 aliphatic carbocycles. The van der Waals surface area contributed by atoms with Crippen molar-refractivity contribution in [2.45, 2.75) is 6.42 Å². The number of rotatable bonds is 3. The van der Waals surface area contributed by atoms with Crippen molar-refractivity contribution >= 4 is 17.8 Å². The third-order valence-corrected chi connectivity index (χ3v) is 1.69. The Hall–Kier alpha value is -2.35. The van der Waals surface area contributed by atoms with Crippen LogP contribution in [0.1, 0.15) is 17.5 Å². The second-order valence-electron chi connectivity index (χ2n) is 2.89. The van der Waals surface area contributed by atoms with E-state index in [0.717, 1.165) is 0 Å². The van der Waals surface area contributed by atoms with E-state index in [-0.39, 0.29) is 12.2 Å². The molecule has 0 radical (unpaired) electrons. The van der Waals surface area contributed by atoms with E-state index in [1.165, 1.54) is 6.20 Å². The molecule has 1 aromatic heterocycles. The molecule has 0 aliphatic rings. The fraction of sp³-hybridized carbons (Fsp3) is 0.100. The highest BCUT2D eigenvalue weighted by molar-refractivity contribution is 5.76. The van der Waals surface area contributed by atoms with E-state index >= 15 is 0 Å². The van der Waals surface area contributed by atoms with Gasteiger partial charge in [-0.05, 0) is 11.6 Å². The molecule has 0 saturated heterocycles. The van der Waals surface area contributed by atoms with Crippen molar-refractivity contribution in [2.24, 2.45) is 5.73 Å². The number of carbonyl (C=O) groups excluding carboxylic acids is 1. The fourth-order valence-corrected chi connectivity index (χ4v) is 0.983. The lowest BCUT2D eigenvalue weighted by atomic mass is 10.2. The normalized spacial score (nSPS) is 10.1. The summed E-state index contributed by atoms with van der Waals surface area (Å²) in [5.74, 6) is -0.209. The predicted molar refractivity (Wildman–Crippen MR) is 56.2 cm³/mol. The summed E-state index contributed by atoms with van der Waals surface area (Å²) in [6.07, 6.45) is 4.95. The largest absolute Gasteiger partial charge is 0.383 e. The van der Waals surface area contributed by atoms with Crippen LogP contribution in [-0.2, 0) is 4.79 Å². The van der Waals surface area contributed by atoms with Gasteiger partial charge in [-0.2, -0.15) is 5.26 Å². The molecule has 76 valence electrons. The van der Waals surface area contributed by atoms with Crippen molar-refractivity contribution in [1.82, 2.24) is 4.98 Å². The topological polar surface area (TPSA) is 106 Å². The van der Waals surface area contributed by atoms with Crippen molar-refractivity contribution < 1.29 is 4.79 Å². The molecule has 0 unspecified atom stereocenters. The standard InChI is InChI=1S/C10H10N4O/c11-5-8-4-7(6-14-10(8)13)2-1-3-9(12)15/h1-2,4,6H,3H2,(H2,12,15)(H2,13,14). The molecular weight excluding hydrogens is 192 g/mol. The summed E-state index contributed by atoms with van der Waals surface area (Å²) in [5.41, 5.74) is 11.4. The Morgan fingerprint density at radius 3 is 3.00 bits per heavy atom. The van der Waals surface area contributed by atoms with Crippen molar-refractivity contribution in [3.63, 3.8) is 0 Å². The summed E-state index contributed by atoms with van der Waals surface area (Å²) in [6.45, 7) is 0. The summed E-state index contributed by atoms with van der Waals surface area (Å²) in [4.78, 5) is 14.3. The fourth-order valence-electron chi connectivity index (χ4n) is 0.983.